The molecule has 3 aromatic heterocycles. The predicted octanol–water partition coefficient (Wildman–Crippen LogP) is 8.07. The maximum absolute atomic E-state index is 6.46. The molecule has 5 aromatic rings. The Balaban J connectivity index is 0.00000353. The molecule has 1 aliphatic rings. The molecule has 42 heavy (non-hydrogen) atoms. The number of hydrogen-bond donors (Lipinski definition) is 0. The number of fused-ring (bicyclic) bond motifs is 2. The second kappa shape index (κ2) is 10.9. The minimum Gasteiger partial charge on any atom is -0.521 e. The van der Waals surface area contributed by atoms with E-state index in [9.17, 15) is 0 Å². The minimum atomic E-state index is -0.471. The van der Waals surface area contributed by atoms with Gasteiger partial charge in [0.1, 0.15) is 0 Å². The van der Waals surface area contributed by atoms with Crippen molar-refractivity contribution >= 4 is 22.7 Å². The van der Waals surface area contributed by atoms with Crippen LogP contribution >= 0.6 is 0 Å². The van der Waals surface area contributed by atoms with E-state index in [1.807, 2.05) is 50.5 Å². The maximum Gasteiger partial charge on any atom is 0.0573 e. The van der Waals surface area contributed by atoms with Gasteiger partial charge in [-0.15, -0.1) is 30.0 Å². The van der Waals surface area contributed by atoms with Gasteiger partial charge in [-0.3, -0.25) is 9.97 Å². The van der Waals surface area contributed by atoms with E-state index < -0.39 is 5.41 Å². The normalized spacial score (nSPS) is 13.3. The third kappa shape index (κ3) is 5.22. The third-order valence-corrected chi connectivity index (χ3v) is 8.00. The van der Waals surface area contributed by atoms with Crippen molar-refractivity contribution in [2.75, 3.05) is 16.8 Å². The predicted molar refractivity (Wildman–Crippen MR) is 165 cm³/mol. The van der Waals surface area contributed by atoms with Crippen molar-refractivity contribution < 1.29 is 25.8 Å². The van der Waals surface area contributed by atoms with E-state index in [1.54, 1.807) is 0 Å². The van der Waals surface area contributed by atoms with Gasteiger partial charge in [-0.05, 0) is 61.9 Å². The van der Waals surface area contributed by atoms with Crippen molar-refractivity contribution in [1.82, 2.24) is 14.4 Å². The molecule has 0 bridgehead atoms. The van der Waals surface area contributed by atoms with Gasteiger partial charge in [0.2, 0.25) is 0 Å². The topological polar surface area (TPSA) is 45.9 Å². The first-order valence-electron chi connectivity index (χ1n) is 14.0. The van der Waals surface area contributed by atoms with Gasteiger partial charge < -0.3 is 18.9 Å². The summed E-state index contributed by atoms with van der Waals surface area (Å²) in [7, 11) is 2.05. The second-order valence-corrected chi connectivity index (χ2v) is 12.4. The van der Waals surface area contributed by atoms with Crippen LogP contribution in [0.1, 0.15) is 63.0 Å². The number of aryl methyl sites for hydroxylation is 2. The van der Waals surface area contributed by atoms with E-state index in [1.165, 1.54) is 5.56 Å². The molecule has 0 atom stereocenters. The zero-order chi connectivity index (χ0) is 29.1. The summed E-state index contributed by atoms with van der Waals surface area (Å²) in [5.74, 6) is 1.20. The molecule has 2 aromatic carbocycles. The van der Waals surface area contributed by atoms with Crippen LogP contribution in [0.15, 0.2) is 66.9 Å². The summed E-state index contributed by atoms with van der Waals surface area (Å²) < 4.78 is 8.64. The van der Waals surface area contributed by atoms with Crippen molar-refractivity contribution in [3.05, 3.63) is 114 Å². The Morgan fingerprint density at radius 2 is 1.60 bits per heavy atom. The van der Waals surface area contributed by atoms with Crippen LogP contribution in [0.4, 0.5) is 17.1 Å². The summed E-state index contributed by atoms with van der Waals surface area (Å²) >= 11 is 0. The molecule has 0 unspecified atom stereocenters. The maximum atomic E-state index is 6.46. The van der Waals surface area contributed by atoms with Crippen LogP contribution < -0.4 is 14.5 Å². The number of hydrogen-bond acceptors (Lipinski definition) is 5. The van der Waals surface area contributed by atoms with Crippen LogP contribution in [-0.2, 0) is 31.9 Å². The number of nitrogens with zero attached hydrogens (tertiary/aromatic N) is 5. The van der Waals surface area contributed by atoms with Crippen molar-refractivity contribution in [2.45, 2.75) is 59.3 Å². The zero-order valence-electron chi connectivity index (χ0n) is 25.4. The van der Waals surface area contributed by atoms with Gasteiger partial charge in [0.25, 0.3) is 0 Å². The van der Waals surface area contributed by atoms with E-state index in [0.717, 1.165) is 45.5 Å². The molecule has 4 heterocycles. The molecule has 0 fully saturated rings. The summed E-state index contributed by atoms with van der Waals surface area (Å²) in [6.07, 6.45) is 1.91. The van der Waals surface area contributed by atoms with Gasteiger partial charge in [-0.25, -0.2) is 0 Å². The molecule has 0 amide bonds. The molecular formula is C35H36N5OPt-3. The number of rotatable bonds is 5. The van der Waals surface area contributed by atoms with Crippen LogP contribution in [0, 0.1) is 32.6 Å². The number of para-hydroxylation sites is 2. The molecule has 0 spiro atoms. The smallest absolute Gasteiger partial charge is 0.0573 e. The van der Waals surface area contributed by atoms with Gasteiger partial charge in [0.05, 0.1) is 17.0 Å². The summed E-state index contributed by atoms with van der Waals surface area (Å²) in [4.78, 5) is 13.9. The largest absolute Gasteiger partial charge is 0.521 e. The molecular weight excluding hydrogens is 701 g/mol. The van der Waals surface area contributed by atoms with Gasteiger partial charge in [-0.2, -0.15) is 18.8 Å². The Morgan fingerprint density at radius 1 is 0.857 bits per heavy atom. The Labute approximate surface area is 263 Å². The fourth-order valence-electron chi connectivity index (χ4n) is 5.40. The number of pyridine rings is 2. The molecule has 220 valence electrons. The quantitative estimate of drug-likeness (QED) is 0.171. The van der Waals surface area contributed by atoms with Crippen molar-refractivity contribution in [3.63, 3.8) is 0 Å². The molecule has 0 saturated heterocycles. The van der Waals surface area contributed by atoms with Crippen molar-refractivity contribution in [2.24, 2.45) is 0 Å². The Kier molecular flexibility index (Phi) is 7.74. The first-order chi connectivity index (χ1) is 19.4. The number of benzene rings is 2. The van der Waals surface area contributed by atoms with Gasteiger partial charge in [0, 0.05) is 55.5 Å². The molecule has 6 rings (SSSR count). The van der Waals surface area contributed by atoms with E-state index in [-0.39, 0.29) is 26.5 Å². The van der Waals surface area contributed by atoms with E-state index in [0.29, 0.717) is 11.5 Å². The summed E-state index contributed by atoms with van der Waals surface area (Å²) in [6.45, 7) is 17.3. The molecule has 0 aliphatic carbocycles. The van der Waals surface area contributed by atoms with Crippen LogP contribution in [0.25, 0.3) is 5.65 Å². The second-order valence-electron chi connectivity index (χ2n) is 12.4. The number of anilines is 3. The Morgan fingerprint density at radius 3 is 2.33 bits per heavy atom. The Hall–Kier alpha value is -3.63. The minimum absolute atomic E-state index is 0. The number of imidazole rings is 1. The molecule has 1 aliphatic heterocycles. The molecule has 7 heteroatoms. The standard InChI is InChI=1S/C35H36N5O.Pt/c1-23-24(2)40-32(35(6,7)31-18-25(16-17-36-31)34(3,4)5)20-28(21-33(40)37-23)41-27-13-11-12-26(19-27)39-22-38(8)29-14-9-10-15-30(29)39;/h9-18,21-22H,1-8H3;/q-3;. The average molecular weight is 738 g/mol. The van der Waals surface area contributed by atoms with E-state index >= 15 is 0 Å². The van der Waals surface area contributed by atoms with Crippen molar-refractivity contribution in [1.29, 1.82) is 0 Å². The average Bonchev–Trinajstić information content (AvgIpc) is 3.43. The summed E-state index contributed by atoms with van der Waals surface area (Å²) in [5, 5.41) is 0. The Bertz CT molecular complexity index is 1770. The molecule has 0 N–H and O–H groups in total. The third-order valence-electron chi connectivity index (χ3n) is 8.00. The van der Waals surface area contributed by atoms with E-state index in [4.69, 9.17) is 14.7 Å². The first kappa shape index (κ1) is 29.8. The van der Waals surface area contributed by atoms with Crippen LogP contribution in [0.3, 0.4) is 0 Å². The number of ether oxygens (including phenoxy) is 1. The van der Waals surface area contributed by atoms with E-state index in [2.05, 4.69) is 105 Å². The zero-order valence-corrected chi connectivity index (χ0v) is 27.7. The first-order valence-corrected chi connectivity index (χ1v) is 14.0. The fraction of sp³-hybridized carbons (Fsp3) is 0.286. The monoisotopic (exact) mass is 737 g/mol. The van der Waals surface area contributed by atoms with Crippen LogP contribution in [-0.4, -0.2) is 21.4 Å². The number of aromatic nitrogens is 3. The van der Waals surface area contributed by atoms with Gasteiger partial charge >= 0.3 is 0 Å². The van der Waals surface area contributed by atoms with Crippen molar-refractivity contribution in [3.8, 4) is 11.5 Å². The summed E-state index contributed by atoms with van der Waals surface area (Å²) in [6, 6.07) is 27.6. The van der Waals surface area contributed by atoms with Crippen LogP contribution in [0.5, 0.6) is 11.5 Å². The SMILES string of the molecule is Cc1nc2cc(Oc3[c-]c(N4[CH-]N(C)c5ccccc54)ccc3)[c-]c(C(C)(C)c3cc(C(C)(C)C)ccn3)n2c1C.[Pt]. The fourth-order valence-corrected chi connectivity index (χ4v) is 5.40. The van der Waals surface area contributed by atoms with Crippen LogP contribution in [0.2, 0.25) is 0 Å². The van der Waals surface area contributed by atoms with Gasteiger partial charge in [0.15, 0.2) is 0 Å². The summed E-state index contributed by atoms with van der Waals surface area (Å²) in [5.41, 5.74) is 8.75. The molecule has 0 radical (unpaired) electrons. The van der Waals surface area contributed by atoms with Gasteiger partial charge in [-0.1, -0.05) is 52.4 Å². The molecule has 6 nitrogen and oxygen atoms in total. The molecule has 0 saturated carbocycles.